The van der Waals surface area contributed by atoms with Crippen LogP contribution in [0, 0.1) is 34.5 Å². The zero-order valence-electron chi connectivity index (χ0n) is 21.2. The predicted molar refractivity (Wildman–Crippen MR) is 125 cm³/mol. The number of rotatable bonds is 3. The van der Waals surface area contributed by atoms with E-state index in [0.717, 1.165) is 30.3 Å². The minimum absolute atomic E-state index is 0.113. The number of allylic oxidation sites excluding steroid dienone is 2. The van der Waals surface area contributed by atoms with E-state index >= 15 is 0 Å². The summed E-state index contributed by atoms with van der Waals surface area (Å²) in [6.07, 6.45) is 8.29. The van der Waals surface area contributed by atoms with Gasteiger partial charge in [-0.05, 0) is 77.0 Å². The van der Waals surface area contributed by atoms with Crippen LogP contribution < -0.4 is 0 Å². The highest BCUT2D eigenvalue weighted by Crippen LogP contribution is 2.66. The van der Waals surface area contributed by atoms with Crippen LogP contribution in [0.15, 0.2) is 11.8 Å². The van der Waals surface area contributed by atoms with Crippen molar-refractivity contribution in [3.05, 3.63) is 11.8 Å². The van der Waals surface area contributed by atoms with Crippen LogP contribution >= 0.6 is 0 Å². The van der Waals surface area contributed by atoms with Gasteiger partial charge in [0.1, 0.15) is 5.70 Å². The molecule has 0 aromatic heterocycles. The molecule has 1 saturated heterocycles. The number of quaternary nitrogens is 1. The van der Waals surface area contributed by atoms with Crippen molar-refractivity contribution in [2.45, 2.75) is 92.2 Å². The van der Waals surface area contributed by atoms with Crippen LogP contribution in [0.1, 0.15) is 80.1 Å². The molecule has 0 bridgehead atoms. The van der Waals surface area contributed by atoms with Crippen LogP contribution in [0.3, 0.4) is 0 Å². The molecule has 0 unspecified atom stereocenters. The van der Waals surface area contributed by atoms with Gasteiger partial charge in [0, 0.05) is 41.8 Å². The van der Waals surface area contributed by atoms with Crippen LogP contribution in [0.25, 0.3) is 0 Å². The molecule has 4 aliphatic rings. The lowest BCUT2D eigenvalue weighted by molar-refractivity contribution is -0.871. The first-order valence-corrected chi connectivity index (χ1v) is 12.7. The fourth-order valence-corrected chi connectivity index (χ4v) is 8.79. The van der Waals surface area contributed by atoms with Crippen molar-refractivity contribution in [1.82, 2.24) is 4.90 Å². The van der Waals surface area contributed by atoms with Gasteiger partial charge in [0.25, 0.3) is 0 Å². The van der Waals surface area contributed by atoms with Crippen molar-refractivity contribution < 1.29 is 14.1 Å². The molecule has 0 aromatic rings. The lowest BCUT2D eigenvalue weighted by atomic mass is 9.49. The summed E-state index contributed by atoms with van der Waals surface area (Å²) in [5.41, 5.74) is 1.61. The van der Waals surface area contributed by atoms with E-state index < -0.39 is 0 Å². The number of amides is 1. The summed E-state index contributed by atoms with van der Waals surface area (Å²) in [6.45, 7) is 14.6. The second-order valence-electron chi connectivity index (χ2n) is 12.8. The van der Waals surface area contributed by atoms with E-state index in [9.17, 15) is 9.59 Å². The minimum Gasteiger partial charge on any atom is -0.338 e. The van der Waals surface area contributed by atoms with Gasteiger partial charge in [0.05, 0.1) is 20.6 Å². The first kappa shape index (κ1) is 23.0. The average molecular weight is 430 g/mol. The second kappa shape index (κ2) is 7.43. The minimum atomic E-state index is 0.113. The fourth-order valence-electron chi connectivity index (χ4n) is 8.79. The topological polar surface area (TPSA) is 37.4 Å². The Bertz CT molecular complexity index is 789. The average Bonchev–Trinajstić information content (AvgIpc) is 3.00. The molecule has 4 nitrogen and oxygen atoms in total. The number of likely N-dealkylation sites (tertiary alicyclic amines) is 1. The molecule has 2 saturated carbocycles. The third-order valence-corrected chi connectivity index (χ3v) is 10.0. The summed E-state index contributed by atoms with van der Waals surface area (Å²) in [5, 5.41) is 0. The summed E-state index contributed by atoms with van der Waals surface area (Å²) >= 11 is 0. The van der Waals surface area contributed by atoms with Gasteiger partial charge in [-0.1, -0.05) is 13.8 Å². The monoisotopic (exact) mass is 429 g/mol. The quantitative estimate of drug-likeness (QED) is 0.590. The number of hydrogen-bond donors (Lipinski definition) is 0. The highest BCUT2D eigenvalue weighted by molar-refractivity contribution is 5.91. The molecule has 4 rings (SSSR count). The Kier molecular flexibility index (Phi) is 5.52. The maximum Gasteiger partial charge on any atom is 0.226 e. The number of nitrogens with zero attached hydrogens (tertiary/aromatic N) is 2. The van der Waals surface area contributed by atoms with Gasteiger partial charge in [-0.25, -0.2) is 0 Å². The Morgan fingerprint density at radius 3 is 2.29 bits per heavy atom. The SMILES string of the molecule is CC(C)N(C(=O)[C@H]1CC[C@H]2[C@@H]3C[N+](C)(C)C4=CC(=O)CC[C@]4(C)[C@H]3CC[C@]12C)C(C)C. The lowest BCUT2D eigenvalue weighted by Crippen LogP contribution is -2.63. The number of ketones is 1. The molecule has 0 N–H and O–H groups in total. The molecule has 0 spiro atoms. The molecule has 31 heavy (non-hydrogen) atoms. The van der Waals surface area contributed by atoms with Gasteiger partial charge in [-0.2, -0.15) is 0 Å². The number of fused-ring (bicyclic) bond motifs is 5. The first-order chi connectivity index (χ1) is 14.3. The van der Waals surface area contributed by atoms with Crippen LogP contribution in [0.4, 0.5) is 0 Å². The van der Waals surface area contributed by atoms with Crippen molar-refractivity contribution in [2.24, 2.45) is 34.5 Å². The van der Waals surface area contributed by atoms with Crippen LogP contribution in [0.2, 0.25) is 0 Å². The van der Waals surface area contributed by atoms with Crippen molar-refractivity contribution >= 4 is 11.7 Å². The molecule has 3 aliphatic carbocycles. The number of carbonyl (C=O) groups excluding carboxylic acids is 2. The van der Waals surface area contributed by atoms with E-state index in [0.29, 0.717) is 35.9 Å². The number of hydrogen-bond acceptors (Lipinski definition) is 2. The van der Waals surface area contributed by atoms with Crippen LogP contribution in [-0.2, 0) is 9.59 Å². The fraction of sp³-hybridized carbons (Fsp3) is 0.852. The molecule has 1 amide bonds. The lowest BCUT2D eigenvalue weighted by Gasteiger charge is -2.61. The first-order valence-electron chi connectivity index (χ1n) is 12.7. The summed E-state index contributed by atoms with van der Waals surface area (Å²) in [7, 11) is 4.61. The second-order valence-corrected chi connectivity index (χ2v) is 12.8. The molecule has 0 radical (unpaired) electrons. The van der Waals surface area contributed by atoms with Gasteiger partial charge in [-0.3, -0.25) is 14.1 Å². The molecule has 0 aromatic carbocycles. The summed E-state index contributed by atoms with van der Waals surface area (Å²) in [4.78, 5) is 28.2. The van der Waals surface area contributed by atoms with E-state index in [1.54, 1.807) is 0 Å². The maximum absolute atomic E-state index is 13.8. The molecular weight excluding hydrogens is 384 g/mol. The zero-order chi connectivity index (χ0) is 22.9. The molecular formula is C27H45N2O2+. The molecule has 1 aliphatic heterocycles. The van der Waals surface area contributed by atoms with E-state index in [1.807, 2.05) is 6.08 Å². The van der Waals surface area contributed by atoms with E-state index in [-0.39, 0.29) is 28.8 Å². The van der Waals surface area contributed by atoms with Crippen molar-refractivity contribution in [1.29, 1.82) is 0 Å². The standard InChI is InChI=1S/C27H45N2O2/c1-17(2)28(18(3)4)25(31)23-10-9-21-20-16-29(7,8)24-15-19(30)11-13-27(24,6)22(20)12-14-26(21,23)5/h15,17-18,20-23H,9-14,16H2,1-8H3/q+1/t20-,21-,22-,23+,26-,27+/m0/s1. The normalized spacial score (nSPS) is 41.5. The van der Waals surface area contributed by atoms with Gasteiger partial charge in [0.2, 0.25) is 5.91 Å². The molecule has 1 heterocycles. The van der Waals surface area contributed by atoms with E-state index in [4.69, 9.17) is 0 Å². The highest BCUT2D eigenvalue weighted by atomic mass is 16.2. The van der Waals surface area contributed by atoms with E-state index in [1.165, 1.54) is 18.5 Å². The third kappa shape index (κ3) is 3.34. The summed E-state index contributed by atoms with van der Waals surface area (Å²) in [6, 6.07) is 0.506. The van der Waals surface area contributed by atoms with Gasteiger partial charge >= 0.3 is 0 Å². The number of carbonyl (C=O) groups is 2. The van der Waals surface area contributed by atoms with Crippen LogP contribution in [-0.4, -0.2) is 53.8 Å². The molecule has 4 heteroatoms. The predicted octanol–water partition coefficient (Wildman–Crippen LogP) is 5.03. The molecule has 174 valence electrons. The highest BCUT2D eigenvalue weighted by Gasteiger charge is 2.64. The Hall–Kier alpha value is -1.16. The van der Waals surface area contributed by atoms with Crippen molar-refractivity contribution in [3.63, 3.8) is 0 Å². The van der Waals surface area contributed by atoms with Gasteiger partial charge in [0.15, 0.2) is 5.78 Å². The van der Waals surface area contributed by atoms with E-state index in [2.05, 4.69) is 60.5 Å². The van der Waals surface area contributed by atoms with Gasteiger partial charge in [-0.15, -0.1) is 0 Å². The number of piperidine rings is 1. The Labute approximate surface area is 190 Å². The summed E-state index contributed by atoms with van der Waals surface area (Å²) < 4.78 is 0.846. The molecule has 3 fully saturated rings. The van der Waals surface area contributed by atoms with Crippen molar-refractivity contribution in [3.8, 4) is 0 Å². The zero-order valence-corrected chi connectivity index (χ0v) is 21.2. The Morgan fingerprint density at radius 2 is 1.68 bits per heavy atom. The largest absolute Gasteiger partial charge is 0.338 e. The van der Waals surface area contributed by atoms with Crippen LogP contribution in [0.5, 0.6) is 0 Å². The third-order valence-electron chi connectivity index (χ3n) is 10.0. The summed E-state index contributed by atoms with van der Waals surface area (Å²) in [5.74, 6) is 2.79. The smallest absolute Gasteiger partial charge is 0.226 e. The maximum atomic E-state index is 13.8. The van der Waals surface area contributed by atoms with Crippen molar-refractivity contribution in [2.75, 3.05) is 20.6 Å². The molecule has 6 atom stereocenters. The Morgan fingerprint density at radius 1 is 1.03 bits per heavy atom. The van der Waals surface area contributed by atoms with Gasteiger partial charge < -0.3 is 4.90 Å². The Balaban J connectivity index is 1.67.